The maximum Gasteiger partial charge on any atom is 0.142 e. The molecule has 1 aromatic heterocycles. The van der Waals surface area contributed by atoms with Gasteiger partial charge in [0, 0.05) is 16.9 Å². The average Bonchev–Trinajstić information content (AvgIpc) is 2.69. The molecule has 0 bridgehead atoms. The Morgan fingerprint density at radius 1 is 1.17 bits per heavy atom. The molecule has 1 heterocycles. The van der Waals surface area contributed by atoms with Gasteiger partial charge in [-0.1, -0.05) is 23.2 Å². The molecule has 0 amide bonds. The lowest BCUT2D eigenvalue weighted by atomic mass is 10.1. The van der Waals surface area contributed by atoms with Gasteiger partial charge in [-0.2, -0.15) is 0 Å². The third kappa shape index (κ3) is 3.01. The van der Waals surface area contributed by atoms with Gasteiger partial charge >= 0.3 is 0 Å². The quantitative estimate of drug-likeness (QED) is 0.821. The van der Waals surface area contributed by atoms with Crippen LogP contribution in [0.15, 0.2) is 24.3 Å². The summed E-state index contributed by atoms with van der Waals surface area (Å²) in [7, 11) is 0. The smallest absolute Gasteiger partial charge is 0.142 e. The summed E-state index contributed by atoms with van der Waals surface area (Å²) >= 11 is 12.5. The van der Waals surface area contributed by atoms with Crippen molar-refractivity contribution in [3.8, 4) is 0 Å². The Labute approximate surface area is 117 Å². The Bertz CT molecular complexity index is 571. The van der Waals surface area contributed by atoms with Gasteiger partial charge in [0.2, 0.25) is 0 Å². The first-order valence-corrected chi connectivity index (χ1v) is 6.61. The van der Waals surface area contributed by atoms with Gasteiger partial charge in [0.05, 0.1) is 15.5 Å². The lowest BCUT2D eigenvalue weighted by molar-refractivity contribution is 0.174. The van der Waals surface area contributed by atoms with Crippen LogP contribution in [0, 0.1) is 11.6 Å². The minimum Gasteiger partial charge on any atom is -0.388 e. The van der Waals surface area contributed by atoms with Gasteiger partial charge in [-0.05, 0) is 24.3 Å². The summed E-state index contributed by atoms with van der Waals surface area (Å²) in [4.78, 5) is 0.794. The monoisotopic (exact) mass is 308 g/mol. The first-order chi connectivity index (χ1) is 8.47. The number of hydrogen-bond acceptors (Lipinski definition) is 2. The van der Waals surface area contributed by atoms with Crippen LogP contribution in [0.4, 0.5) is 8.78 Å². The number of aliphatic hydroxyl groups excluding tert-OH is 1. The molecule has 96 valence electrons. The summed E-state index contributed by atoms with van der Waals surface area (Å²) < 4.78 is 27.4. The summed E-state index contributed by atoms with van der Waals surface area (Å²) in [6.45, 7) is 0. The molecule has 1 aromatic carbocycles. The van der Waals surface area contributed by atoms with E-state index in [1.807, 2.05) is 0 Å². The van der Waals surface area contributed by atoms with Crippen LogP contribution in [0.2, 0.25) is 9.36 Å². The number of thiophene rings is 1. The minimum absolute atomic E-state index is 0.110. The van der Waals surface area contributed by atoms with Gasteiger partial charge in [-0.25, -0.2) is 8.78 Å². The van der Waals surface area contributed by atoms with Crippen LogP contribution < -0.4 is 0 Å². The molecule has 0 spiro atoms. The fourth-order valence-electron chi connectivity index (χ4n) is 1.56. The van der Waals surface area contributed by atoms with E-state index in [1.54, 1.807) is 12.1 Å². The predicted octanol–water partition coefficient (Wildman–Crippen LogP) is 4.61. The summed E-state index contributed by atoms with van der Waals surface area (Å²) in [5.74, 6) is -1.48. The van der Waals surface area contributed by atoms with Gasteiger partial charge in [0.25, 0.3) is 0 Å². The van der Waals surface area contributed by atoms with E-state index < -0.39 is 17.7 Å². The Hall–Kier alpha value is -0.680. The zero-order valence-electron chi connectivity index (χ0n) is 8.96. The minimum atomic E-state index is -1.13. The zero-order valence-corrected chi connectivity index (χ0v) is 11.3. The van der Waals surface area contributed by atoms with Gasteiger partial charge in [-0.3, -0.25) is 0 Å². The van der Waals surface area contributed by atoms with E-state index in [-0.39, 0.29) is 17.0 Å². The summed E-state index contributed by atoms with van der Waals surface area (Å²) in [6.07, 6.45) is -0.957. The van der Waals surface area contributed by atoms with Crippen LogP contribution in [0.25, 0.3) is 0 Å². The van der Waals surface area contributed by atoms with Gasteiger partial charge in [0.1, 0.15) is 11.6 Å². The van der Waals surface area contributed by atoms with Crippen LogP contribution in [-0.4, -0.2) is 5.11 Å². The number of hydrogen-bond donors (Lipinski definition) is 1. The molecule has 0 saturated carbocycles. The molecule has 2 aromatic rings. The predicted molar refractivity (Wildman–Crippen MR) is 69.4 cm³/mol. The molecule has 18 heavy (non-hydrogen) atoms. The number of rotatable bonds is 3. The van der Waals surface area contributed by atoms with Gasteiger partial charge < -0.3 is 5.11 Å². The molecule has 1 nitrogen and oxygen atoms in total. The lowest BCUT2D eigenvalue weighted by Crippen LogP contribution is -2.04. The van der Waals surface area contributed by atoms with E-state index in [0.29, 0.717) is 4.34 Å². The van der Waals surface area contributed by atoms with E-state index in [0.717, 1.165) is 17.0 Å². The maximum atomic E-state index is 13.6. The van der Waals surface area contributed by atoms with Crippen LogP contribution in [0.3, 0.4) is 0 Å². The van der Waals surface area contributed by atoms with Crippen LogP contribution in [-0.2, 0) is 6.42 Å². The van der Waals surface area contributed by atoms with Crippen molar-refractivity contribution in [3.63, 3.8) is 0 Å². The lowest BCUT2D eigenvalue weighted by Gasteiger charge is -2.11. The summed E-state index contributed by atoms with van der Waals surface area (Å²) in [6, 6.07) is 5.20. The molecule has 0 aliphatic heterocycles. The fourth-order valence-corrected chi connectivity index (χ4v) is 2.83. The maximum absolute atomic E-state index is 13.6. The Morgan fingerprint density at radius 2 is 1.89 bits per heavy atom. The number of benzene rings is 1. The van der Waals surface area contributed by atoms with E-state index in [4.69, 9.17) is 23.2 Å². The fraction of sp³-hybridized carbons (Fsp3) is 0.167. The Kier molecular flexibility index (Phi) is 4.22. The second-order valence-corrected chi connectivity index (χ2v) is 5.92. The highest BCUT2D eigenvalue weighted by Crippen LogP contribution is 2.29. The molecule has 1 atom stereocenters. The molecule has 0 aliphatic rings. The topological polar surface area (TPSA) is 20.2 Å². The highest BCUT2D eigenvalue weighted by Gasteiger charge is 2.17. The highest BCUT2D eigenvalue weighted by atomic mass is 35.5. The molecule has 6 heteroatoms. The van der Waals surface area contributed by atoms with Crippen molar-refractivity contribution in [1.82, 2.24) is 0 Å². The third-order valence-electron chi connectivity index (χ3n) is 2.42. The van der Waals surface area contributed by atoms with Crippen molar-refractivity contribution in [1.29, 1.82) is 0 Å². The SMILES string of the molecule is OC(Cc1ccc(Cl)s1)c1cc(F)c(Cl)cc1F. The van der Waals surface area contributed by atoms with Crippen LogP contribution in [0.5, 0.6) is 0 Å². The van der Waals surface area contributed by atoms with Crippen LogP contribution >= 0.6 is 34.5 Å². The Balaban J connectivity index is 2.23. The van der Waals surface area contributed by atoms with Crippen molar-refractivity contribution >= 4 is 34.5 Å². The van der Waals surface area contributed by atoms with Crippen molar-refractivity contribution in [2.24, 2.45) is 0 Å². The molecule has 0 fully saturated rings. The summed E-state index contributed by atoms with van der Waals surface area (Å²) in [5.41, 5.74) is -0.110. The van der Waals surface area contributed by atoms with E-state index in [1.165, 1.54) is 11.3 Å². The van der Waals surface area contributed by atoms with Crippen molar-refractivity contribution in [3.05, 3.63) is 55.7 Å². The molecule has 2 rings (SSSR count). The van der Waals surface area contributed by atoms with Crippen molar-refractivity contribution < 1.29 is 13.9 Å². The summed E-state index contributed by atoms with van der Waals surface area (Å²) in [5, 5.41) is 9.59. The van der Waals surface area contributed by atoms with Gasteiger partial charge in [0.15, 0.2) is 0 Å². The largest absolute Gasteiger partial charge is 0.388 e. The van der Waals surface area contributed by atoms with Gasteiger partial charge in [-0.15, -0.1) is 11.3 Å². The standard InChI is InChI=1S/C12H8Cl2F2OS/c13-8-5-9(15)7(4-10(8)16)11(17)3-6-1-2-12(14)18-6/h1-2,4-5,11,17H,3H2. The van der Waals surface area contributed by atoms with E-state index >= 15 is 0 Å². The third-order valence-corrected chi connectivity index (χ3v) is 3.97. The molecule has 1 unspecified atom stereocenters. The second-order valence-electron chi connectivity index (χ2n) is 3.71. The number of aliphatic hydroxyl groups is 1. The van der Waals surface area contributed by atoms with Crippen molar-refractivity contribution in [2.45, 2.75) is 12.5 Å². The molecule has 0 aliphatic carbocycles. The normalized spacial score (nSPS) is 12.7. The first-order valence-electron chi connectivity index (χ1n) is 5.04. The zero-order chi connectivity index (χ0) is 13.3. The highest BCUT2D eigenvalue weighted by molar-refractivity contribution is 7.16. The molecule has 0 saturated heterocycles. The molecular weight excluding hydrogens is 301 g/mol. The van der Waals surface area contributed by atoms with E-state index in [2.05, 4.69) is 0 Å². The van der Waals surface area contributed by atoms with E-state index in [9.17, 15) is 13.9 Å². The van der Waals surface area contributed by atoms with Crippen LogP contribution in [0.1, 0.15) is 16.5 Å². The van der Waals surface area contributed by atoms with Crippen molar-refractivity contribution in [2.75, 3.05) is 0 Å². The average molecular weight is 309 g/mol. The first kappa shape index (κ1) is 13.7. The number of halogens is 4. The molecular formula is C12H8Cl2F2OS. The molecule has 1 N–H and O–H groups in total. The second kappa shape index (κ2) is 5.53. The Morgan fingerprint density at radius 3 is 2.50 bits per heavy atom. The molecule has 0 radical (unpaired) electrons.